The van der Waals surface area contributed by atoms with Crippen molar-refractivity contribution in [3.05, 3.63) is 73.4 Å². The van der Waals surface area contributed by atoms with Crippen LogP contribution in [-0.2, 0) is 5.54 Å². The van der Waals surface area contributed by atoms with Crippen molar-refractivity contribution >= 4 is 23.0 Å². The van der Waals surface area contributed by atoms with E-state index in [9.17, 15) is 14.9 Å². The summed E-state index contributed by atoms with van der Waals surface area (Å²) in [4.78, 5) is 23.0. The number of nitro groups is 1. The van der Waals surface area contributed by atoms with Crippen molar-refractivity contribution < 1.29 is 4.92 Å². The molecule has 0 aliphatic carbocycles. The van der Waals surface area contributed by atoms with Gasteiger partial charge in [-0.2, -0.15) is 14.9 Å². The Kier molecular flexibility index (Phi) is 5.67. The molecule has 0 saturated carbocycles. The summed E-state index contributed by atoms with van der Waals surface area (Å²) in [6.07, 6.45) is 3.44. The van der Waals surface area contributed by atoms with Crippen LogP contribution in [0.4, 0.5) is 11.4 Å². The molecule has 0 bridgehead atoms. The van der Waals surface area contributed by atoms with Crippen molar-refractivity contribution in [3.63, 3.8) is 0 Å². The van der Waals surface area contributed by atoms with Crippen LogP contribution >= 0.6 is 11.6 Å². The number of nitrogens with zero attached hydrogens (tertiary/aromatic N) is 5. The number of aryl methyl sites for hydroxylation is 1. The van der Waals surface area contributed by atoms with E-state index >= 15 is 0 Å². The average Bonchev–Trinajstić information content (AvgIpc) is 3.08. The molecule has 3 aromatic rings. The van der Waals surface area contributed by atoms with E-state index in [0.29, 0.717) is 11.4 Å². The Labute approximate surface area is 178 Å². The Morgan fingerprint density at radius 3 is 2.40 bits per heavy atom. The summed E-state index contributed by atoms with van der Waals surface area (Å²) in [6, 6.07) is 5.35. The molecule has 0 fully saturated rings. The predicted octanol–water partition coefficient (Wildman–Crippen LogP) is 4.23. The van der Waals surface area contributed by atoms with Crippen LogP contribution in [0.3, 0.4) is 0 Å². The second kappa shape index (κ2) is 7.91. The summed E-state index contributed by atoms with van der Waals surface area (Å²) in [5.41, 5.74) is 1.91. The maximum absolute atomic E-state index is 12.7. The molecule has 0 aliphatic rings. The van der Waals surface area contributed by atoms with Gasteiger partial charge in [0.05, 0.1) is 39.8 Å². The number of nitrogens with one attached hydrogen (secondary N) is 1. The zero-order valence-corrected chi connectivity index (χ0v) is 18.1. The molecule has 10 heteroatoms. The summed E-state index contributed by atoms with van der Waals surface area (Å²) < 4.78 is 3.01. The van der Waals surface area contributed by atoms with E-state index in [1.165, 1.54) is 30.5 Å². The van der Waals surface area contributed by atoms with E-state index in [1.807, 2.05) is 24.7 Å². The predicted molar refractivity (Wildman–Crippen MR) is 115 cm³/mol. The molecule has 0 spiro atoms. The Balaban J connectivity index is 1.88. The van der Waals surface area contributed by atoms with Crippen LogP contribution in [0, 0.1) is 17.0 Å². The van der Waals surface area contributed by atoms with Crippen molar-refractivity contribution in [2.45, 2.75) is 46.2 Å². The van der Waals surface area contributed by atoms with E-state index < -0.39 is 10.5 Å². The first-order valence-corrected chi connectivity index (χ1v) is 9.72. The first kappa shape index (κ1) is 21.5. The Morgan fingerprint density at radius 1 is 1.23 bits per heavy atom. The van der Waals surface area contributed by atoms with Crippen LogP contribution in [0.25, 0.3) is 5.69 Å². The molecular formula is C20H23ClN6O3. The lowest BCUT2D eigenvalue weighted by molar-refractivity contribution is -0.384. The quantitative estimate of drug-likeness (QED) is 0.479. The fourth-order valence-electron chi connectivity index (χ4n) is 2.99. The summed E-state index contributed by atoms with van der Waals surface area (Å²) in [7, 11) is 0. The standard InChI is InChI=1S/C20H23ClN6O3/c1-12(16-11-25(20(3,4)5)24-13(16)2)23-17-10-22-26(19(28)18(17)21)14-6-8-15(9-7-14)27(29)30/h6-12,23H,1-5H3. The zero-order chi connectivity index (χ0) is 22.2. The molecular weight excluding hydrogens is 408 g/mol. The molecule has 2 heterocycles. The monoisotopic (exact) mass is 430 g/mol. The summed E-state index contributed by atoms with van der Waals surface area (Å²) >= 11 is 6.31. The molecule has 158 valence electrons. The van der Waals surface area contributed by atoms with Gasteiger partial charge in [0.1, 0.15) is 5.02 Å². The molecule has 0 amide bonds. The van der Waals surface area contributed by atoms with Crippen LogP contribution in [-0.4, -0.2) is 24.5 Å². The van der Waals surface area contributed by atoms with Gasteiger partial charge in [-0.25, -0.2) is 0 Å². The molecule has 9 nitrogen and oxygen atoms in total. The lowest BCUT2D eigenvalue weighted by Gasteiger charge is -2.19. The lowest BCUT2D eigenvalue weighted by atomic mass is 10.1. The topological polar surface area (TPSA) is 108 Å². The minimum Gasteiger partial charge on any atom is -0.376 e. The smallest absolute Gasteiger partial charge is 0.292 e. The molecule has 1 N–H and O–H groups in total. The van der Waals surface area contributed by atoms with Crippen molar-refractivity contribution in [1.82, 2.24) is 19.6 Å². The normalized spacial score (nSPS) is 12.6. The highest BCUT2D eigenvalue weighted by Crippen LogP contribution is 2.26. The van der Waals surface area contributed by atoms with Crippen LogP contribution in [0.5, 0.6) is 0 Å². The minimum absolute atomic E-state index is 0.0175. The van der Waals surface area contributed by atoms with Crippen LogP contribution in [0.15, 0.2) is 41.5 Å². The van der Waals surface area contributed by atoms with Gasteiger partial charge in [-0.15, -0.1) is 0 Å². The maximum Gasteiger partial charge on any atom is 0.292 e. The Bertz CT molecular complexity index is 1140. The lowest BCUT2D eigenvalue weighted by Crippen LogP contribution is -2.23. The number of benzene rings is 1. The number of nitro benzene ring substituents is 1. The number of hydrogen-bond donors (Lipinski definition) is 1. The van der Waals surface area contributed by atoms with Gasteiger partial charge in [-0.05, 0) is 46.8 Å². The van der Waals surface area contributed by atoms with E-state index in [2.05, 4.69) is 36.3 Å². The third-order valence-corrected chi connectivity index (χ3v) is 5.05. The highest BCUT2D eigenvalue weighted by atomic mass is 35.5. The van der Waals surface area contributed by atoms with Crippen molar-refractivity contribution in [3.8, 4) is 5.69 Å². The molecule has 0 radical (unpaired) electrons. The number of halogens is 1. The second-order valence-corrected chi connectivity index (χ2v) is 8.39. The van der Waals surface area contributed by atoms with E-state index in [1.54, 1.807) is 0 Å². The summed E-state index contributed by atoms with van der Waals surface area (Å²) in [6.45, 7) is 10.1. The number of hydrogen-bond acceptors (Lipinski definition) is 6. The van der Waals surface area contributed by atoms with Crippen LogP contribution in [0.2, 0.25) is 5.02 Å². The summed E-state index contributed by atoms with van der Waals surface area (Å²) in [5, 5.41) is 22.7. The van der Waals surface area contributed by atoms with Gasteiger partial charge < -0.3 is 5.32 Å². The largest absolute Gasteiger partial charge is 0.376 e. The molecule has 0 saturated heterocycles. The minimum atomic E-state index is -0.523. The Morgan fingerprint density at radius 2 is 1.87 bits per heavy atom. The molecule has 0 aliphatic heterocycles. The third-order valence-electron chi connectivity index (χ3n) is 4.69. The van der Waals surface area contributed by atoms with Gasteiger partial charge in [-0.3, -0.25) is 19.6 Å². The molecule has 3 rings (SSSR count). The Hall–Kier alpha value is -3.20. The van der Waals surface area contributed by atoms with E-state index in [4.69, 9.17) is 11.6 Å². The first-order chi connectivity index (χ1) is 14.0. The van der Waals surface area contributed by atoms with Gasteiger partial charge in [-0.1, -0.05) is 11.6 Å². The number of anilines is 1. The first-order valence-electron chi connectivity index (χ1n) is 9.35. The highest BCUT2D eigenvalue weighted by Gasteiger charge is 2.20. The summed E-state index contributed by atoms with van der Waals surface area (Å²) in [5.74, 6) is 0. The molecule has 1 unspecified atom stereocenters. The van der Waals surface area contributed by atoms with E-state index in [-0.39, 0.29) is 22.3 Å². The second-order valence-electron chi connectivity index (χ2n) is 8.01. The SMILES string of the molecule is Cc1nn(C(C)(C)C)cc1C(C)Nc1cnn(-c2ccc([N+](=O)[O-])cc2)c(=O)c1Cl. The van der Waals surface area contributed by atoms with Gasteiger partial charge in [0.15, 0.2) is 0 Å². The fourth-order valence-corrected chi connectivity index (χ4v) is 3.17. The number of aromatic nitrogens is 4. The average molecular weight is 431 g/mol. The van der Waals surface area contributed by atoms with Gasteiger partial charge in [0.25, 0.3) is 11.2 Å². The van der Waals surface area contributed by atoms with Crippen molar-refractivity contribution in [2.75, 3.05) is 5.32 Å². The van der Waals surface area contributed by atoms with Gasteiger partial charge >= 0.3 is 0 Å². The van der Waals surface area contributed by atoms with Gasteiger partial charge in [0, 0.05) is 23.9 Å². The number of non-ortho nitro benzene ring substituents is 1. The highest BCUT2D eigenvalue weighted by molar-refractivity contribution is 6.33. The van der Waals surface area contributed by atoms with Gasteiger partial charge in [0.2, 0.25) is 0 Å². The van der Waals surface area contributed by atoms with Crippen LogP contribution < -0.4 is 10.9 Å². The van der Waals surface area contributed by atoms with Crippen molar-refractivity contribution in [2.24, 2.45) is 0 Å². The maximum atomic E-state index is 12.7. The zero-order valence-electron chi connectivity index (χ0n) is 17.4. The van der Waals surface area contributed by atoms with Crippen LogP contribution in [0.1, 0.15) is 45.0 Å². The molecule has 1 aromatic carbocycles. The fraction of sp³-hybridized carbons (Fsp3) is 0.350. The molecule has 1 atom stereocenters. The molecule has 2 aromatic heterocycles. The number of rotatable bonds is 5. The third kappa shape index (κ3) is 4.20. The van der Waals surface area contributed by atoms with E-state index in [0.717, 1.165) is 15.9 Å². The van der Waals surface area contributed by atoms with Crippen molar-refractivity contribution in [1.29, 1.82) is 0 Å². The molecule has 30 heavy (non-hydrogen) atoms.